The van der Waals surface area contributed by atoms with Crippen molar-refractivity contribution in [1.82, 2.24) is 10.6 Å². The van der Waals surface area contributed by atoms with Gasteiger partial charge in [0.15, 0.2) is 0 Å². The molecule has 2 aliphatic carbocycles. The van der Waals surface area contributed by atoms with Crippen molar-refractivity contribution in [2.45, 2.75) is 69.8 Å². The average molecular weight is 370 g/mol. The van der Waals surface area contributed by atoms with E-state index >= 15 is 0 Å². The summed E-state index contributed by atoms with van der Waals surface area (Å²) in [6.07, 6.45) is 1.10. The first-order valence-electron chi connectivity index (χ1n) is 8.95. The van der Waals surface area contributed by atoms with Crippen LogP contribution in [0.4, 0.5) is 18.0 Å². The van der Waals surface area contributed by atoms with E-state index in [-0.39, 0.29) is 11.6 Å². The van der Waals surface area contributed by atoms with Crippen LogP contribution in [-0.2, 0) is 6.18 Å². The van der Waals surface area contributed by atoms with E-state index in [0.29, 0.717) is 5.41 Å². The molecular formula is C19H25F3N2O2. The van der Waals surface area contributed by atoms with Crippen LogP contribution < -0.4 is 10.6 Å². The van der Waals surface area contributed by atoms with Crippen LogP contribution in [0.5, 0.6) is 0 Å². The summed E-state index contributed by atoms with van der Waals surface area (Å²) in [7, 11) is 0. The number of hydrogen-bond donors (Lipinski definition) is 3. The van der Waals surface area contributed by atoms with Crippen molar-refractivity contribution in [2.75, 3.05) is 0 Å². The van der Waals surface area contributed by atoms with E-state index < -0.39 is 29.4 Å². The van der Waals surface area contributed by atoms with Crippen molar-refractivity contribution < 1.29 is 23.1 Å². The molecule has 0 bridgehead atoms. The van der Waals surface area contributed by atoms with Crippen molar-refractivity contribution in [3.05, 3.63) is 35.4 Å². The normalized spacial score (nSPS) is 20.8. The first-order chi connectivity index (χ1) is 12.0. The van der Waals surface area contributed by atoms with Gasteiger partial charge in [0.25, 0.3) is 0 Å². The highest BCUT2D eigenvalue weighted by atomic mass is 19.4. The zero-order chi connectivity index (χ0) is 19.2. The number of nitrogens with one attached hydrogen (secondary N) is 2. The lowest BCUT2D eigenvalue weighted by atomic mass is 9.54. The maximum absolute atomic E-state index is 13.0. The molecule has 7 heteroatoms. The van der Waals surface area contributed by atoms with Gasteiger partial charge in [-0.3, -0.25) is 0 Å². The van der Waals surface area contributed by atoms with E-state index in [0.717, 1.165) is 25.0 Å². The summed E-state index contributed by atoms with van der Waals surface area (Å²) in [6.45, 7) is 2.93. The summed E-state index contributed by atoms with van der Waals surface area (Å²) in [4.78, 5) is 12.3. The Bertz CT molecular complexity index is 670. The number of benzene rings is 1. The fraction of sp³-hybridized carbons (Fsp3) is 0.632. The van der Waals surface area contributed by atoms with Crippen LogP contribution in [-0.4, -0.2) is 22.8 Å². The molecule has 3 N–H and O–H groups in total. The molecule has 1 spiro atoms. The van der Waals surface area contributed by atoms with Crippen molar-refractivity contribution in [2.24, 2.45) is 5.41 Å². The summed E-state index contributed by atoms with van der Waals surface area (Å²) in [5, 5.41) is 15.9. The lowest BCUT2D eigenvalue weighted by molar-refractivity contribution is -0.137. The van der Waals surface area contributed by atoms with E-state index in [4.69, 9.17) is 0 Å². The van der Waals surface area contributed by atoms with Gasteiger partial charge in [-0.1, -0.05) is 18.6 Å². The number of carbonyl (C=O) groups excluding carboxylic acids is 1. The zero-order valence-corrected chi connectivity index (χ0v) is 15.0. The van der Waals surface area contributed by atoms with Crippen molar-refractivity contribution in [3.8, 4) is 0 Å². The lowest BCUT2D eigenvalue weighted by Gasteiger charge is -2.54. The predicted molar refractivity (Wildman–Crippen MR) is 91.5 cm³/mol. The number of aliphatic hydroxyl groups is 1. The van der Waals surface area contributed by atoms with Crippen molar-refractivity contribution in [3.63, 3.8) is 0 Å². The SMILES string of the molecule is CC(C)(O)C(NC(=O)NC1CC2(CCC2)C1)c1cccc(C(F)(F)F)c1. The molecule has 0 heterocycles. The number of alkyl halides is 3. The number of urea groups is 1. The van der Waals surface area contributed by atoms with E-state index in [1.54, 1.807) is 0 Å². The van der Waals surface area contributed by atoms with Gasteiger partial charge in [-0.15, -0.1) is 0 Å². The van der Waals surface area contributed by atoms with Crippen LogP contribution in [0.25, 0.3) is 0 Å². The molecule has 1 aromatic rings. The minimum atomic E-state index is -4.48. The second kappa shape index (κ2) is 6.44. The van der Waals surface area contributed by atoms with E-state index in [1.807, 2.05) is 0 Å². The zero-order valence-electron chi connectivity index (χ0n) is 15.0. The molecular weight excluding hydrogens is 345 g/mol. The van der Waals surface area contributed by atoms with Gasteiger partial charge in [-0.2, -0.15) is 13.2 Å². The smallest absolute Gasteiger partial charge is 0.388 e. The first-order valence-corrected chi connectivity index (χ1v) is 8.95. The summed E-state index contributed by atoms with van der Waals surface area (Å²) in [6, 6.07) is 3.37. The Labute approximate surface area is 151 Å². The highest BCUT2D eigenvalue weighted by molar-refractivity contribution is 5.75. The highest BCUT2D eigenvalue weighted by Gasteiger charge is 2.48. The molecule has 1 unspecified atom stereocenters. The summed E-state index contributed by atoms with van der Waals surface area (Å²) >= 11 is 0. The quantitative estimate of drug-likeness (QED) is 0.746. The maximum Gasteiger partial charge on any atom is 0.416 e. The van der Waals surface area contributed by atoms with Gasteiger partial charge < -0.3 is 15.7 Å². The number of amides is 2. The predicted octanol–water partition coefficient (Wildman–Crippen LogP) is 4.15. The molecule has 2 amide bonds. The van der Waals surface area contributed by atoms with Gasteiger partial charge in [-0.25, -0.2) is 4.79 Å². The Morgan fingerprint density at radius 1 is 1.27 bits per heavy atom. The summed E-state index contributed by atoms with van der Waals surface area (Å²) in [5.41, 5.74) is -1.60. The van der Waals surface area contributed by atoms with Crippen molar-refractivity contribution >= 4 is 6.03 Å². The molecule has 3 rings (SSSR count). The maximum atomic E-state index is 13.0. The molecule has 2 aliphatic rings. The Balaban J connectivity index is 1.68. The standard InChI is InChI=1S/C19H25F3N2O2/c1-17(2,26)15(12-5-3-6-13(9-12)19(20,21)22)24-16(25)23-14-10-18(11-14)7-4-8-18/h3,5-6,9,14-15,26H,4,7-8,10-11H2,1-2H3,(H2,23,24,25). The largest absolute Gasteiger partial charge is 0.416 e. The van der Waals surface area contributed by atoms with E-state index in [9.17, 15) is 23.1 Å². The summed E-state index contributed by atoms with van der Waals surface area (Å²) < 4.78 is 38.9. The third kappa shape index (κ3) is 3.98. The Morgan fingerprint density at radius 2 is 1.92 bits per heavy atom. The van der Waals surface area contributed by atoms with E-state index in [2.05, 4.69) is 10.6 Å². The Morgan fingerprint density at radius 3 is 2.42 bits per heavy atom. The molecule has 2 saturated carbocycles. The highest BCUT2D eigenvalue weighted by Crippen LogP contribution is 2.55. The van der Waals surface area contributed by atoms with Crippen LogP contribution in [0.2, 0.25) is 0 Å². The topological polar surface area (TPSA) is 61.4 Å². The molecule has 144 valence electrons. The molecule has 1 atom stereocenters. The third-order valence-electron chi connectivity index (χ3n) is 5.64. The fourth-order valence-electron chi connectivity index (χ4n) is 4.09. The number of carbonyl (C=O) groups is 1. The molecule has 0 aliphatic heterocycles. The minimum absolute atomic E-state index is 0.0965. The monoisotopic (exact) mass is 370 g/mol. The van der Waals surface area contributed by atoms with Crippen LogP contribution in [0, 0.1) is 5.41 Å². The number of halogens is 3. The van der Waals surface area contributed by atoms with Crippen molar-refractivity contribution in [1.29, 1.82) is 0 Å². The lowest BCUT2D eigenvalue weighted by Crippen LogP contribution is -2.56. The van der Waals surface area contributed by atoms with Gasteiger partial charge in [0.2, 0.25) is 0 Å². The fourth-order valence-corrected chi connectivity index (χ4v) is 4.09. The molecule has 0 saturated heterocycles. The van der Waals surface area contributed by atoms with Gasteiger partial charge in [0.05, 0.1) is 17.2 Å². The number of rotatable bonds is 4. The molecule has 26 heavy (non-hydrogen) atoms. The average Bonchev–Trinajstić information content (AvgIpc) is 2.44. The second-order valence-corrected chi connectivity index (χ2v) is 8.29. The molecule has 0 radical (unpaired) electrons. The van der Waals surface area contributed by atoms with Gasteiger partial charge in [0, 0.05) is 6.04 Å². The molecule has 1 aromatic carbocycles. The second-order valence-electron chi connectivity index (χ2n) is 8.29. The number of hydrogen-bond acceptors (Lipinski definition) is 2. The Hall–Kier alpha value is -1.76. The summed E-state index contributed by atoms with van der Waals surface area (Å²) in [5.74, 6) is 0. The molecule has 4 nitrogen and oxygen atoms in total. The van der Waals surface area contributed by atoms with Gasteiger partial charge >= 0.3 is 12.2 Å². The first kappa shape index (κ1) is 19.0. The van der Waals surface area contributed by atoms with Crippen LogP contribution >= 0.6 is 0 Å². The van der Waals surface area contributed by atoms with Crippen LogP contribution in [0.15, 0.2) is 24.3 Å². The van der Waals surface area contributed by atoms with E-state index in [1.165, 1.54) is 45.2 Å². The molecule has 2 fully saturated rings. The van der Waals surface area contributed by atoms with Crippen LogP contribution in [0.1, 0.15) is 63.1 Å². The van der Waals surface area contributed by atoms with Gasteiger partial charge in [0.1, 0.15) is 0 Å². The van der Waals surface area contributed by atoms with Crippen LogP contribution in [0.3, 0.4) is 0 Å². The minimum Gasteiger partial charge on any atom is -0.388 e. The third-order valence-corrected chi connectivity index (χ3v) is 5.64. The Kier molecular flexibility index (Phi) is 4.71. The molecule has 0 aromatic heterocycles. The van der Waals surface area contributed by atoms with Gasteiger partial charge in [-0.05, 0) is 62.6 Å².